The van der Waals surface area contributed by atoms with Crippen molar-refractivity contribution in [3.63, 3.8) is 0 Å². The van der Waals surface area contributed by atoms with E-state index in [1.165, 1.54) is 0 Å². The summed E-state index contributed by atoms with van der Waals surface area (Å²) in [6.45, 7) is 4.29. The summed E-state index contributed by atoms with van der Waals surface area (Å²) < 4.78 is 7.22. The van der Waals surface area contributed by atoms with Crippen LogP contribution in [-0.2, 0) is 11.3 Å². The van der Waals surface area contributed by atoms with Crippen LogP contribution in [0.1, 0.15) is 24.8 Å². The van der Waals surface area contributed by atoms with Gasteiger partial charge in [0.1, 0.15) is 5.52 Å². The minimum Gasteiger partial charge on any atom is -0.343 e. The summed E-state index contributed by atoms with van der Waals surface area (Å²) in [6.07, 6.45) is 2.64. The van der Waals surface area contributed by atoms with E-state index in [0.717, 1.165) is 53.0 Å². The van der Waals surface area contributed by atoms with Gasteiger partial charge in [0.25, 0.3) is 5.89 Å². The lowest BCUT2D eigenvalue weighted by Gasteiger charge is -2.14. The second-order valence-electron chi connectivity index (χ2n) is 7.21. The fourth-order valence-corrected chi connectivity index (χ4v) is 4.47. The summed E-state index contributed by atoms with van der Waals surface area (Å²) in [7, 11) is 0. The molecular weight excluding hydrogens is 388 g/mol. The Kier molecular flexibility index (Phi) is 4.59. The summed E-state index contributed by atoms with van der Waals surface area (Å²) in [5, 5.41) is 14.6. The number of carbonyl (C=O) groups excluding carboxylic acids is 1. The SMILES string of the molecule is Cc1ccsc1-c1nc(-c2ccc3c(c2)nnn3CCC(=O)N2CCCC2)no1. The van der Waals surface area contributed by atoms with Gasteiger partial charge < -0.3 is 9.42 Å². The third-order valence-electron chi connectivity index (χ3n) is 5.25. The highest BCUT2D eigenvalue weighted by molar-refractivity contribution is 7.13. The Bertz CT molecular complexity index is 1170. The second kappa shape index (κ2) is 7.40. The number of aromatic nitrogens is 5. The lowest BCUT2D eigenvalue weighted by molar-refractivity contribution is -0.130. The number of carbonyl (C=O) groups is 1. The average Bonchev–Trinajstić information content (AvgIpc) is 3.52. The van der Waals surface area contributed by atoms with Crippen molar-refractivity contribution >= 4 is 28.3 Å². The van der Waals surface area contributed by atoms with Crippen molar-refractivity contribution in [3.8, 4) is 22.2 Å². The van der Waals surface area contributed by atoms with Gasteiger partial charge >= 0.3 is 0 Å². The van der Waals surface area contributed by atoms with E-state index in [1.54, 1.807) is 16.0 Å². The summed E-state index contributed by atoms with van der Waals surface area (Å²) >= 11 is 1.58. The van der Waals surface area contributed by atoms with Gasteiger partial charge in [0, 0.05) is 25.1 Å². The minimum absolute atomic E-state index is 0.186. The molecule has 8 nitrogen and oxygen atoms in total. The number of benzene rings is 1. The van der Waals surface area contributed by atoms with E-state index in [0.29, 0.717) is 24.7 Å². The molecule has 0 aliphatic carbocycles. The summed E-state index contributed by atoms with van der Waals surface area (Å²) in [5.74, 6) is 1.23. The molecule has 1 aliphatic rings. The van der Waals surface area contributed by atoms with Gasteiger partial charge in [-0.2, -0.15) is 4.98 Å². The quantitative estimate of drug-likeness (QED) is 0.502. The molecule has 0 unspecified atom stereocenters. The molecule has 0 N–H and O–H groups in total. The molecule has 4 heterocycles. The number of hydrogen-bond donors (Lipinski definition) is 0. The monoisotopic (exact) mass is 408 g/mol. The molecule has 1 saturated heterocycles. The Morgan fingerprint density at radius 1 is 1.24 bits per heavy atom. The molecule has 0 bridgehead atoms. The molecule has 0 saturated carbocycles. The number of thiophene rings is 1. The summed E-state index contributed by atoms with van der Waals surface area (Å²) in [6, 6.07) is 7.80. The third-order valence-corrected chi connectivity index (χ3v) is 6.26. The zero-order valence-electron chi connectivity index (χ0n) is 16.0. The van der Waals surface area contributed by atoms with Crippen LogP contribution in [0.4, 0.5) is 0 Å². The Morgan fingerprint density at radius 3 is 2.90 bits per heavy atom. The third kappa shape index (κ3) is 3.42. The molecule has 3 aromatic heterocycles. The molecule has 9 heteroatoms. The maximum atomic E-state index is 12.3. The smallest absolute Gasteiger partial charge is 0.268 e. The molecule has 1 aromatic carbocycles. The van der Waals surface area contributed by atoms with Gasteiger partial charge in [-0.15, -0.1) is 16.4 Å². The van der Waals surface area contributed by atoms with Crippen molar-refractivity contribution in [3.05, 3.63) is 35.2 Å². The van der Waals surface area contributed by atoms with Gasteiger partial charge in [-0.3, -0.25) is 4.79 Å². The van der Waals surface area contributed by atoms with E-state index in [4.69, 9.17) is 4.52 Å². The number of amides is 1. The van der Waals surface area contributed by atoms with Crippen molar-refractivity contribution in [2.45, 2.75) is 32.7 Å². The van der Waals surface area contributed by atoms with Crippen LogP contribution in [0.25, 0.3) is 33.2 Å². The molecule has 1 fully saturated rings. The molecule has 0 spiro atoms. The first kappa shape index (κ1) is 18.0. The van der Waals surface area contributed by atoms with Crippen LogP contribution in [-0.4, -0.2) is 49.0 Å². The maximum Gasteiger partial charge on any atom is 0.268 e. The van der Waals surface area contributed by atoms with Gasteiger partial charge in [-0.25, -0.2) is 4.68 Å². The number of hydrogen-bond acceptors (Lipinski definition) is 7. The van der Waals surface area contributed by atoms with Gasteiger partial charge in [0.2, 0.25) is 11.7 Å². The first-order chi connectivity index (χ1) is 14.2. The molecule has 4 aromatic rings. The van der Waals surface area contributed by atoms with Crippen LogP contribution >= 0.6 is 11.3 Å². The first-order valence-electron chi connectivity index (χ1n) is 9.68. The van der Waals surface area contributed by atoms with Crippen LogP contribution in [0.2, 0.25) is 0 Å². The van der Waals surface area contributed by atoms with Crippen molar-refractivity contribution in [2.24, 2.45) is 0 Å². The largest absolute Gasteiger partial charge is 0.343 e. The first-order valence-corrected chi connectivity index (χ1v) is 10.6. The van der Waals surface area contributed by atoms with E-state index in [1.807, 2.05) is 41.5 Å². The fraction of sp³-hybridized carbons (Fsp3) is 0.350. The predicted molar refractivity (Wildman–Crippen MR) is 109 cm³/mol. The Hall–Kier alpha value is -3.07. The summed E-state index contributed by atoms with van der Waals surface area (Å²) in [4.78, 5) is 19.7. The van der Waals surface area contributed by atoms with Crippen LogP contribution in [0.15, 0.2) is 34.2 Å². The lowest BCUT2D eigenvalue weighted by atomic mass is 10.2. The normalized spacial score (nSPS) is 14.2. The topological polar surface area (TPSA) is 89.9 Å². The molecular formula is C20H20N6O2S. The maximum absolute atomic E-state index is 12.3. The van der Waals surface area contributed by atoms with Crippen molar-refractivity contribution in [2.75, 3.05) is 13.1 Å². The summed E-state index contributed by atoms with van der Waals surface area (Å²) in [5.41, 5.74) is 3.57. The van der Waals surface area contributed by atoms with E-state index in [9.17, 15) is 4.79 Å². The van der Waals surface area contributed by atoms with E-state index < -0.39 is 0 Å². The average molecular weight is 408 g/mol. The highest BCUT2D eigenvalue weighted by Gasteiger charge is 2.19. The van der Waals surface area contributed by atoms with Crippen LogP contribution in [0.3, 0.4) is 0 Å². The standard InChI is InChI=1S/C20H20N6O2S/c1-13-7-11-29-18(13)20-21-19(23-28-20)14-4-5-16-15(12-14)22-24-26(16)10-6-17(27)25-8-2-3-9-25/h4-5,7,11-12H,2-3,6,8-10H2,1H3. The van der Waals surface area contributed by atoms with E-state index >= 15 is 0 Å². The zero-order chi connectivity index (χ0) is 19.8. The van der Waals surface area contributed by atoms with Crippen LogP contribution < -0.4 is 0 Å². The molecule has 148 valence electrons. The lowest BCUT2D eigenvalue weighted by Crippen LogP contribution is -2.28. The number of rotatable bonds is 5. The number of fused-ring (bicyclic) bond motifs is 1. The number of nitrogens with zero attached hydrogens (tertiary/aromatic N) is 6. The van der Waals surface area contributed by atoms with Crippen LogP contribution in [0, 0.1) is 6.92 Å². The van der Waals surface area contributed by atoms with E-state index in [2.05, 4.69) is 20.5 Å². The number of likely N-dealkylation sites (tertiary alicyclic amines) is 1. The van der Waals surface area contributed by atoms with Gasteiger partial charge in [0.05, 0.1) is 16.9 Å². The molecule has 0 radical (unpaired) electrons. The Balaban J connectivity index is 1.34. The van der Waals surface area contributed by atoms with E-state index in [-0.39, 0.29) is 5.91 Å². The highest BCUT2D eigenvalue weighted by atomic mass is 32.1. The highest BCUT2D eigenvalue weighted by Crippen LogP contribution is 2.30. The molecule has 1 amide bonds. The second-order valence-corrected chi connectivity index (χ2v) is 8.13. The Morgan fingerprint density at radius 2 is 2.10 bits per heavy atom. The van der Waals surface area contributed by atoms with Crippen LogP contribution in [0.5, 0.6) is 0 Å². The molecule has 5 rings (SSSR count). The van der Waals surface area contributed by atoms with Crippen molar-refractivity contribution < 1.29 is 9.32 Å². The van der Waals surface area contributed by atoms with Gasteiger partial charge in [-0.05, 0) is 55.0 Å². The predicted octanol–water partition coefficient (Wildman–Crippen LogP) is 3.53. The molecule has 29 heavy (non-hydrogen) atoms. The van der Waals surface area contributed by atoms with Crippen molar-refractivity contribution in [1.82, 2.24) is 30.0 Å². The minimum atomic E-state index is 0.186. The Labute approximate surface area is 171 Å². The van der Waals surface area contributed by atoms with Gasteiger partial charge in [0.15, 0.2) is 0 Å². The molecule has 1 aliphatic heterocycles. The van der Waals surface area contributed by atoms with Crippen molar-refractivity contribution in [1.29, 1.82) is 0 Å². The number of aryl methyl sites for hydroxylation is 2. The molecule has 0 atom stereocenters. The fourth-order valence-electron chi connectivity index (χ4n) is 3.63. The zero-order valence-corrected chi connectivity index (χ0v) is 16.9. The van der Waals surface area contributed by atoms with Gasteiger partial charge in [-0.1, -0.05) is 10.4 Å².